The van der Waals surface area contributed by atoms with Crippen molar-refractivity contribution in [2.45, 2.75) is 32.3 Å². The van der Waals surface area contributed by atoms with Gasteiger partial charge in [0.25, 0.3) is 5.91 Å². The highest BCUT2D eigenvalue weighted by Crippen LogP contribution is 2.18. The number of carbonyl (C=O) groups excluding carboxylic acids is 2. The fraction of sp³-hybridized carbons (Fsp3) is 0.750. The van der Waals surface area contributed by atoms with E-state index < -0.39 is 0 Å². The van der Waals surface area contributed by atoms with Crippen molar-refractivity contribution in [2.24, 2.45) is 11.0 Å². The van der Waals surface area contributed by atoms with Crippen molar-refractivity contribution < 1.29 is 14.7 Å². The lowest BCUT2D eigenvalue weighted by Crippen LogP contribution is -2.48. The lowest BCUT2D eigenvalue weighted by molar-refractivity contribution is -0.131. The number of nitrogens with zero attached hydrogens (tertiary/aromatic N) is 3. The van der Waals surface area contributed by atoms with E-state index in [1.807, 2.05) is 6.92 Å². The van der Waals surface area contributed by atoms with Gasteiger partial charge in [-0.05, 0) is 12.3 Å². The predicted octanol–water partition coefficient (Wildman–Crippen LogP) is -0.176. The quantitative estimate of drug-likeness (QED) is 0.704. The van der Waals surface area contributed by atoms with Crippen LogP contribution in [0.3, 0.4) is 0 Å². The molecule has 0 aliphatic carbocycles. The number of rotatable bonds is 1. The van der Waals surface area contributed by atoms with Crippen LogP contribution in [-0.4, -0.2) is 58.8 Å². The number of amides is 2. The van der Waals surface area contributed by atoms with Gasteiger partial charge in [0, 0.05) is 33.0 Å². The third kappa shape index (κ3) is 2.53. The minimum absolute atomic E-state index is 0.0611. The smallest absolute Gasteiger partial charge is 0.270 e. The summed E-state index contributed by atoms with van der Waals surface area (Å²) in [6, 6.07) is 0. The molecule has 6 nitrogen and oxygen atoms in total. The average Bonchev–Trinajstić information content (AvgIpc) is 2.35. The van der Waals surface area contributed by atoms with Gasteiger partial charge in [0.2, 0.25) is 5.91 Å². The van der Waals surface area contributed by atoms with Gasteiger partial charge in [-0.2, -0.15) is 5.10 Å². The highest BCUT2D eigenvalue weighted by molar-refractivity contribution is 6.39. The first-order valence-corrected chi connectivity index (χ1v) is 6.30. The molecule has 18 heavy (non-hydrogen) atoms. The number of piperidine rings is 1. The van der Waals surface area contributed by atoms with Gasteiger partial charge < -0.3 is 10.0 Å². The lowest BCUT2D eigenvalue weighted by atomic mass is 9.96. The zero-order valence-electron chi connectivity index (χ0n) is 10.8. The second kappa shape index (κ2) is 5.06. The first-order valence-electron chi connectivity index (χ1n) is 6.30. The number of likely N-dealkylation sites (tertiary alicyclic amines) is 1. The topological polar surface area (TPSA) is 73.2 Å². The SMILES string of the molecule is CC1CN(C(=O)C2=NN(C)C(=O)CC2)CCC1O. The van der Waals surface area contributed by atoms with Gasteiger partial charge in [-0.25, -0.2) is 5.01 Å². The molecule has 1 N–H and O–H groups in total. The van der Waals surface area contributed by atoms with E-state index in [-0.39, 0.29) is 23.8 Å². The molecule has 100 valence electrons. The van der Waals surface area contributed by atoms with Crippen molar-refractivity contribution in [1.82, 2.24) is 9.91 Å². The molecule has 2 rings (SSSR count). The minimum Gasteiger partial charge on any atom is -0.393 e. The highest BCUT2D eigenvalue weighted by Gasteiger charge is 2.31. The van der Waals surface area contributed by atoms with Crippen molar-refractivity contribution in [3.63, 3.8) is 0 Å². The Morgan fingerprint density at radius 1 is 1.44 bits per heavy atom. The van der Waals surface area contributed by atoms with Crippen molar-refractivity contribution in [3.05, 3.63) is 0 Å². The Bertz CT molecular complexity index is 394. The van der Waals surface area contributed by atoms with Gasteiger partial charge >= 0.3 is 0 Å². The molecular weight excluding hydrogens is 234 g/mol. The van der Waals surface area contributed by atoms with Crippen LogP contribution in [0.2, 0.25) is 0 Å². The number of carbonyl (C=O) groups is 2. The van der Waals surface area contributed by atoms with Gasteiger partial charge in [0.15, 0.2) is 0 Å². The fourth-order valence-electron chi connectivity index (χ4n) is 2.32. The molecule has 2 amide bonds. The molecule has 2 atom stereocenters. The third-order valence-corrected chi connectivity index (χ3v) is 3.60. The van der Waals surface area contributed by atoms with E-state index in [0.29, 0.717) is 38.1 Å². The highest BCUT2D eigenvalue weighted by atomic mass is 16.3. The predicted molar refractivity (Wildman–Crippen MR) is 65.8 cm³/mol. The largest absolute Gasteiger partial charge is 0.393 e. The Hall–Kier alpha value is -1.43. The first kappa shape index (κ1) is 13.0. The number of hydrogen-bond acceptors (Lipinski definition) is 4. The maximum Gasteiger partial charge on any atom is 0.270 e. The van der Waals surface area contributed by atoms with E-state index >= 15 is 0 Å². The average molecular weight is 253 g/mol. The van der Waals surface area contributed by atoms with Gasteiger partial charge in [-0.15, -0.1) is 0 Å². The molecule has 0 radical (unpaired) electrons. The normalized spacial score (nSPS) is 29.3. The number of aliphatic hydroxyl groups excluding tert-OH is 1. The molecule has 0 spiro atoms. The Morgan fingerprint density at radius 3 is 2.78 bits per heavy atom. The summed E-state index contributed by atoms with van der Waals surface area (Å²) >= 11 is 0. The molecule has 1 saturated heterocycles. The first-order chi connectivity index (χ1) is 8.49. The number of hydrazone groups is 1. The molecule has 0 saturated carbocycles. The van der Waals surface area contributed by atoms with Crippen molar-refractivity contribution >= 4 is 17.5 Å². The molecule has 2 heterocycles. The molecule has 0 aromatic carbocycles. The molecule has 0 aromatic heterocycles. The van der Waals surface area contributed by atoms with Crippen LogP contribution in [0.5, 0.6) is 0 Å². The summed E-state index contributed by atoms with van der Waals surface area (Å²) in [5.74, 6) is -0.0756. The molecule has 2 aliphatic rings. The third-order valence-electron chi connectivity index (χ3n) is 3.60. The van der Waals surface area contributed by atoms with Crippen LogP contribution in [0.25, 0.3) is 0 Å². The van der Waals surface area contributed by atoms with Crippen LogP contribution in [0.4, 0.5) is 0 Å². The summed E-state index contributed by atoms with van der Waals surface area (Å²) < 4.78 is 0. The second-order valence-corrected chi connectivity index (χ2v) is 5.05. The van der Waals surface area contributed by atoms with Crippen LogP contribution in [0, 0.1) is 5.92 Å². The zero-order valence-corrected chi connectivity index (χ0v) is 10.8. The molecule has 2 aliphatic heterocycles. The van der Waals surface area contributed by atoms with Crippen molar-refractivity contribution in [3.8, 4) is 0 Å². The monoisotopic (exact) mass is 253 g/mol. The second-order valence-electron chi connectivity index (χ2n) is 5.05. The van der Waals surface area contributed by atoms with Gasteiger partial charge in [-0.1, -0.05) is 6.92 Å². The van der Waals surface area contributed by atoms with E-state index in [1.165, 1.54) is 5.01 Å². The summed E-state index contributed by atoms with van der Waals surface area (Å²) in [5, 5.41) is 14.9. The Balaban J connectivity index is 2.04. The van der Waals surface area contributed by atoms with Crippen LogP contribution in [0.15, 0.2) is 5.10 Å². The molecule has 1 fully saturated rings. The summed E-state index contributed by atoms with van der Waals surface area (Å²) in [6.07, 6.45) is 1.03. The van der Waals surface area contributed by atoms with Crippen LogP contribution >= 0.6 is 0 Å². The van der Waals surface area contributed by atoms with Crippen LogP contribution in [0.1, 0.15) is 26.2 Å². The van der Waals surface area contributed by atoms with Crippen molar-refractivity contribution in [2.75, 3.05) is 20.1 Å². The zero-order chi connectivity index (χ0) is 13.3. The summed E-state index contributed by atoms with van der Waals surface area (Å²) in [4.78, 5) is 25.2. The fourth-order valence-corrected chi connectivity index (χ4v) is 2.32. The number of aliphatic hydroxyl groups is 1. The molecule has 0 bridgehead atoms. The summed E-state index contributed by atoms with van der Waals surface area (Å²) in [7, 11) is 1.57. The van der Waals surface area contributed by atoms with Crippen LogP contribution < -0.4 is 0 Å². The van der Waals surface area contributed by atoms with E-state index in [1.54, 1.807) is 11.9 Å². The van der Waals surface area contributed by atoms with Crippen molar-refractivity contribution in [1.29, 1.82) is 0 Å². The van der Waals surface area contributed by atoms with E-state index in [9.17, 15) is 14.7 Å². The van der Waals surface area contributed by atoms with Crippen LogP contribution in [-0.2, 0) is 9.59 Å². The molecule has 2 unspecified atom stereocenters. The molecule has 6 heteroatoms. The maximum atomic E-state index is 12.2. The molecular formula is C12H19N3O3. The minimum atomic E-state index is -0.327. The van der Waals surface area contributed by atoms with E-state index in [0.717, 1.165) is 0 Å². The van der Waals surface area contributed by atoms with E-state index in [4.69, 9.17) is 0 Å². The Morgan fingerprint density at radius 2 is 2.17 bits per heavy atom. The van der Waals surface area contributed by atoms with E-state index in [2.05, 4.69) is 5.10 Å². The van der Waals surface area contributed by atoms with Gasteiger partial charge in [-0.3, -0.25) is 9.59 Å². The molecule has 0 aromatic rings. The maximum absolute atomic E-state index is 12.2. The number of hydrogen-bond donors (Lipinski definition) is 1. The standard InChI is InChI=1S/C12H19N3O3/c1-8-7-15(6-5-10(8)16)12(18)9-3-4-11(17)14(2)13-9/h8,10,16H,3-7H2,1-2H3. The lowest BCUT2D eigenvalue weighted by Gasteiger charge is -2.35. The summed E-state index contributed by atoms with van der Waals surface area (Å²) in [5.41, 5.74) is 0.445. The summed E-state index contributed by atoms with van der Waals surface area (Å²) in [6.45, 7) is 3.04. The van der Waals surface area contributed by atoms with Gasteiger partial charge in [0.1, 0.15) is 5.71 Å². The van der Waals surface area contributed by atoms with Gasteiger partial charge in [0.05, 0.1) is 6.10 Å². The Labute approximate surface area is 106 Å². The Kier molecular flexibility index (Phi) is 3.65.